The fourth-order valence-electron chi connectivity index (χ4n) is 2.02. The van der Waals surface area contributed by atoms with Crippen LogP contribution in [0.1, 0.15) is 25.0 Å². The smallest absolute Gasteiger partial charge is 0.0964 e. The molecule has 0 atom stereocenters. The lowest BCUT2D eigenvalue weighted by Crippen LogP contribution is -2.24. The lowest BCUT2D eigenvalue weighted by atomic mass is 10.0. The largest absolute Gasteiger partial charge is 0.396 e. The van der Waals surface area contributed by atoms with Crippen molar-refractivity contribution in [2.45, 2.75) is 32.4 Å². The fourth-order valence-corrected chi connectivity index (χ4v) is 2.02. The van der Waals surface area contributed by atoms with Gasteiger partial charge in [0.1, 0.15) is 0 Å². The minimum Gasteiger partial charge on any atom is -0.396 e. The molecule has 0 spiro atoms. The quantitative estimate of drug-likeness (QED) is 0.572. The molecule has 0 aromatic carbocycles. The van der Waals surface area contributed by atoms with Crippen molar-refractivity contribution >= 4 is 0 Å². The lowest BCUT2D eigenvalue weighted by molar-refractivity contribution is 0.245. The van der Waals surface area contributed by atoms with Crippen LogP contribution in [0.25, 0.3) is 0 Å². The molecule has 1 heterocycles. The van der Waals surface area contributed by atoms with E-state index in [0.717, 1.165) is 18.7 Å². The Hall–Kier alpha value is -0.980. The van der Waals surface area contributed by atoms with Gasteiger partial charge in [-0.25, -0.2) is 4.68 Å². The normalized spacial score (nSPS) is 17.3. The van der Waals surface area contributed by atoms with Gasteiger partial charge in [0, 0.05) is 25.9 Å². The SMILES string of the molecule is OCCn1cc(CNCC2(CCO)CC2)nn1. The van der Waals surface area contributed by atoms with Gasteiger partial charge in [0.15, 0.2) is 0 Å². The van der Waals surface area contributed by atoms with Crippen molar-refractivity contribution < 1.29 is 10.2 Å². The van der Waals surface area contributed by atoms with E-state index in [4.69, 9.17) is 10.2 Å². The molecule has 96 valence electrons. The van der Waals surface area contributed by atoms with Crippen LogP contribution in [0.2, 0.25) is 0 Å². The maximum absolute atomic E-state index is 8.94. The second-order valence-electron chi connectivity index (χ2n) is 4.77. The van der Waals surface area contributed by atoms with E-state index in [2.05, 4.69) is 15.6 Å². The molecule has 6 heteroatoms. The first-order valence-corrected chi connectivity index (χ1v) is 6.09. The minimum atomic E-state index is 0.0792. The average molecular weight is 240 g/mol. The highest BCUT2D eigenvalue weighted by molar-refractivity contribution is 4.97. The number of aliphatic hydroxyl groups is 2. The van der Waals surface area contributed by atoms with Gasteiger partial charge in [0.05, 0.1) is 18.8 Å². The van der Waals surface area contributed by atoms with Crippen LogP contribution in [0.3, 0.4) is 0 Å². The van der Waals surface area contributed by atoms with Gasteiger partial charge in [0.25, 0.3) is 0 Å². The van der Waals surface area contributed by atoms with Gasteiger partial charge < -0.3 is 15.5 Å². The Morgan fingerprint density at radius 2 is 2.18 bits per heavy atom. The molecule has 17 heavy (non-hydrogen) atoms. The summed E-state index contributed by atoms with van der Waals surface area (Å²) in [6.07, 6.45) is 5.14. The van der Waals surface area contributed by atoms with Gasteiger partial charge in [-0.2, -0.15) is 0 Å². The zero-order valence-electron chi connectivity index (χ0n) is 9.97. The summed E-state index contributed by atoms with van der Waals surface area (Å²) in [4.78, 5) is 0. The minimum absolute atomic E-state index is 0.0792. The van der Waals surface area contributed by atoms with E-state index in [1.165, 1.54) is 12.8 Å². The van der Waals surface area contributed by atoms with Gasteiger partial charge in [-0.3, -0.25) is 0 Å². The zero-order valence-corrected chi connectivity index (χ0v) is 9.97. The number of rotatable bonds is 8. The molecule has 0 radical (unpaired) electrons. The van der Waals surface area contributed by atoms with Crippen molar-refractivity contribution in [2.24, 2.45) is 5.41 Å². The predicted molar refractivity (Wildman–Crippen MR) is 62.2 cm³/mol. The summed E-state index contributed by atoms with van der Waals surface area (Å²) < 4.78 is 1.64. The highest BCUT2D eigenvalue weighted by Crippen LogP contribution is 2.47. The molecule has 3 N–H and O–H groups in total. The highest BCUT2D eigenvalue weighted by Gasteiger charge is 2.41. The molecule has 1 fully saturated rings. The molecule has 2 rings (SSSR count). The molecule has 1 saturated carbocycles. The van der Waals surface area contributed by atoms with Crippen LogP contribution in [-0.2, 0) is 13.1 Å². The van der Waals surface area contributed by atoms with E-state index in [-0.39, 0.29) is 13.2 Å². The Balaban J connectivity index is 1.70. The molecular formula is C11H20N4O2. The first-order chi connectivity index (χ1) is 8.28. The van der Waals surface area contributed by atoms with Gasteiger partial charge in [-0.1, -0.05) is 5.21 Å². The molecule has 0 unspecified atom stereocenters. The van der Waals surface area contributed by atoms with E-state index in [1.807, 2.05) is 6.20 Å². The number of hydrogen-bond acceptors (Lipinski definition) is 5. The van der Waals surface area contributed by atoms with Crippen LogP contribution in [0, 0.1) is 5.41 Å². The molecule has 0 aliphatic heterocycles. The van der Waals surface area contributed by atoms with E-state index < -0.39 is 0 Å². The van der Waals surface area contributed by atoms with Crippen molar-refractivity contribution in [1.29, 1.82) is 0 Å². The van der Waals surface area contributed by atoms with Crippen LogP contribution in [0.15, 0.2) is 6.20 Å². The van der Waals surface area contributed by atoms with Crippen LogP contribution in [-0.4, -0.2) is 45.0 Å². The van der Waals surface area contributed by atoms with Gasteiger partial charge in [-0.05, 0) is 24.7 Å². The fraction of sp³-hybridized carbons (Fsp3) is 0.818. The maximum atomic E-state index is 8.94. The van der Waals surface area contributed by atoms with E-state index in [0.29, 0.717) is 18.5 Å². The Labute approximate surface area is 101 Å². The van der Waals surface area contributed by atoms with Crippen LogP contribution in [0.5, 0.6) is 0 Å². The Morgan fingerprint density at radius 3 is 2.82 bits per heavy atom. The first-order valence-electron chi connectivity index (χ1n) is 6.09. The molecule has 6 nitrogen and oxygen atoms in total. The zero-order chi connectivity index (χ0) is 12.1. The average Bonchev–Trinajstić information content (AvgIpc) is 2.92. The molecule has 1 aliphatic carbocycles. The van der Waals surface area contributed by atoms with E-state index in [9.17, 15) is 0 Å². The summed E-state index contributed by atoms with van der Waals surface area (Å²) in [6.45, 7) is 2.46. The molecular weight excluding hydrogens is 220 g/mol. The van der Waals surface area contributed by atoms with Crippen molar-refractivity contribution in [2.75, 3.05) is 19.8 Å². The molecule has 0 saturated heterocycles. The van der Waals surface area contributed by atoms with Crippen molar-refractivity contribution in [3.8, 4) is 0 Å². The molecule has 0 amide bonds. The standard InChI is InChI=1S/C11H20N4O2/c16-5-3-11(1-2-11)9-12-7-10-8-15(4-6-17)14-13-10/h8,12,16-17H,1-7,9H2. The number of aliphatic hydroxyl groups excluding tert-OH is 2. The molecule has 1 aliphatic rings. The molecule has 0 bridgehead atoms. The monoisotopic (exact) mass is 240 g/mol. The topological polar surface area (TPSA) is 83.2 Å². The summed E-state index contributed by atoms with van der Waals surface area (Å²) in [5.41, 5.74) is 1.22. The van der Waals surface area contributed by atoms with Crippen LogP contribution in [0.4, 0.5) is 0 Å². The van der Waals surface area contributed by atoms with Crippen LogP contribution >= 0.6 is 0 Å². The van der Waals surface area contributed by atoms with Gasteiger partial charge >= 0.3 is 0 Å². The Morgan fingerprint density at radius 1 is 1.35 bits per heavy atom. The van der Waals surface area contributed by atoms with Gasteiger partial charge in [0.2, 0.25) is 0 Å². The summed E-state index contributed by atoms with van der Waals surface area (Å²) in [5, 5.41) is 29.0. The van der Waals surface area contributed by atoms with E-state index >= 15 is 0 Å². The van der Waals surface area contributed by atoms with Crippen LogP contribution < -0.4 is 5.32 Å². The molecule has 1 aromatic heterocycles. The summed E-state index contributed by atoms with van der Waals surface area (Å²) in [6, 6.07) is 0. The highest BCUT2D eigenvalue weighted by atomic mass is 16.3. The Bertz CT molecular complexity index is 349. The third kappa shape index (κ3) is 3.49. The number of nitrogens with one attached hydrogen (secondary N) is 1. The van der Waals surface area contributed by atoms with Crippen molar-refractivity contribution in [1.82, 2.24) is 20.3 Å². The summed E-state index contributed by atoms with van der Waals surface area (Å²) in [7, 11) is 0. The third-order valence-corrected chi connectivity index (χ3v) is 3.32. The Kier molecular flexibility index (Phi) is 4.09. The maximum Gasteiger partial charge on any atom is 0.0964 e. The number of nitrogens with zero attached hydrogens (tertiary/aromatic N) is 3. The first kappa shape index (κ1) is 12.5. The second kappa shape index (κ2) is 5.57. The molecule has 1 aromatic rings. The predicted octanol–water partition coefficient (Wildman–Crippen LogP) is -0.477. The van der Waals surface area contributed by atoms with Crippen molar-refractivity contribution in [3.05, 3.63) is 11.9 Å². The van der Waals surface area contributed by atoms with Crippen molar-refractivity contribution in [3.63, 3.8) is 0 Å². The van der Waals surface area contributed by atoms with E-state index in [1.54, 1.807) is 4.68 Å². The summed E-state index contributed by atoms with van der Waals surface area (Å²) >= 11 is 0. The van der Waals surface area contributed by atoms with Gasteiger partial charge in [-0.15, -0.1) is 5.10 Å². The third-order valence-electron chi connectivity index (χ3n) is 3.32. The number of hydrogen-bond donors (Lipinski definition) is 3. The summed E-state index contributed by atoms with van der Waals surface area (Å²) in [5.74, 6) is 0. The number of aromatic nitrogens is 3. The lowest BCUT2D eigenvalue weighted by Gasteiger charge is -2.13. The second-order valence-corrected chi connectivity index (χ2v) is 4.77.